The summed E-state index contributed by atoms with van der Waals surface area (Å²) in [5, 5.41) is 9.12. The Morgan fingerprint density at radius 3 is 2.54 bits per heavy atom. The van der Waals surface area contributed by atoms with Crippen LogP contribution >= 0.6 is 15.9 Å². The Kier molecular flexibility index (Phi) is 5.74. The maximum absolute atomic E-state index is 12.3. The third kappa shape index (κ3) is 4.33. The number of nitrogens with zero attached hydrogens (tertiary/aromatic N) is 4. The van der Waals surface area contributed by atoms with Gasteiger partial charge in [-0.25, -0.2) is 4.98 Å². The first-order valence-corrected chi connectivity index (χ1v) is 9.15. The van der Waals surface area contributed by atoms with Crippen molar-refractivity contribution in [3.8, 4) is 11.8 Å². The molecule has 0 atom stereocenters. The van der Waals surface area contributed by atoms with Crippen molar-refractivity contribution in [2.75, 3.05) is 37.7 Å². The summed E-state index contributed by atoms with van der Waals surface area (Å²) in [4.78, 5) is 20.6. The number of aromatic nitrogens is 1. The second-order valence-corrected chi connectivity index (χ2v) is 6.97. The van der Waals surface area contributed by atoms with Crippen molar-refractivity contribution in [2.45, 2.75) is 6.92 Å². The number of carbonyl (C=O) groups is 1. The maximum Gasteiger partial charge on any atom is 0.260 e. The topological polar surface area (TPSA) is 69.5 Å². The molecule has 1 aromatic heterocycles. The normalized spacial score (nSPS) is 14.0. The molecule has 0 N–H and O–H groups in total. The lowest BCUT2D eigenvalue weighted by molar-refractivity contribution is -0.133. The smallest absolute Gasteiger partial charge is 0.260 e. The molecule has 1 aromatic carbocycles. The molecule has 0 bridgehead atoms. The van der Waals surface area contributed by atoms with Gasteiger partial charge < -0.3 is 14.5 Å². The highest BCUT2D eigenvalue weighted by Gasteiger charge is 2.22. The summed E-state index contributed by atoms with van der Waals surface area (Å²) in [7, 11) is 0. The maximum atomic E-state index is 12.3. The van der Waals surface area contributed by atoms with E-state index in [0.717, 1.165) is 15.9 Å². The largest absolute Gasteiger partial charge is 0.484 e. The van der Waals surface area contributed by atoms with E-state index in [1.165, 1.54) is 0 Å². The van der Waals surface area contributed by atoms with E-state index in [4.69, 9.17) is 10.00 Å². The van der Waals surface area contributed by atoms with Crippen molar-refractivity contribution in [1.82, 2.24) is 9.88 Å². The van der Waals surface area contributed by atoms with Gasteiger partial charge in [-0.1, -0.05) is 22.0 Å². The molecular weight excluding hydrogens is 396 g/mol. The molecule has 3 rings (SSSR count). The standard InChI is InChI=1S/C19H19BrN4O2/c1-14-2-7-18(22-17(14)12-21)23-8-10-24(11-9-23)19(25)13-26-16-5-3-15(20)4-6-16/h2-7H,8-11,13H2,1H3. The van der Waals surface area contributed by atoms with Gasteiger partial charge in [-0.2, -0.15) is 5.26 Å². The summed E-state index contributed by atoms with van der Waals surface area (Å²) < 4.78 is 6.53. The molecule has 6 nitrogen and oxygen atoms in total. The third-order valence-corrected chi connectivity index (χ3v) is 4.85. The highest BCUT2D eigenvalue weighted by molar-refractivity contribution is 9.10. The second kappa shape index (κ2) is 8.19. The number of pyridine rings is 1. The van der Waals surface area contributed by atoms with Gasteiger partial charge in [-0.15, -0.1) is 0 Å². The molecule has 26 heavy (non-hydrogen) atoms. The molecule has 2 heterocycles. The SMILES string of the molecule is Cc1ccc(N2CCN(C(=O)COc3ccc(Br)cc3)CC2)nc1C#N. The Bertz CT molecular complexity index is 824. The number of anilines is 1. The summed E-state index contributed by atoms with van der Waals surface area (Å²) in [5.41, 5.74) is 1.32. The Labute approximate surface area is 161 Å². The number of nitriles is 1. The minimum Gasteiger partial charge on any atom is -0.484 e. The van der Waals surface area contributed by atoms with E-state index in [-0.39, 0.29) is 12.5 Å². The van der Waals surface area contributed by atoms with E-state index < -0.39 is 0 Å². The highest BCUT2D eigenvalue weighted by atomic mass is 79.9. The number of halogens is 1. The van der Waals surface area contributed by atoms with Crippen LogP contribution in [0.5, 0.6) is 5.75 Å². The number of rotatable bonds is 4. The molecule has 0 unspecified atom stereocenters. The van der Waals surface area contributed by atoms with Crippen molar-refractivity contribution in [1.29, 1.82) is 5.26 Å². The minimum absolute atomic E-state index is 0.0258. The van der Waals surface area contributed by atoms with Gasteiger partial charge in [0.2, 0.25) is 0 Å². The van der Waals surface area contributed by atoms with Gasteiger partial charge in [-0.3, -0.25) is 4.79 Å². The molecule has 1 saturated heterocycles. The van der Waals surface area contributed by atoms with Crippen molar-refractivity contribution < 1.29 is 9.53 Å². The van der Waals surface area contributed by atoms with Crippen LogP contribution < -0.4 is 9.64 Å². The zero-order valence-corrected chi connectivity index (χ0v) is 16.1. The first-order chi connectivity index (χ1) is 12.6. The summed E-state index contributed by atoms with van der Waals surface area (Å²) in [6, 6.07) is 13.3. The van der Waals surface area contributed by atoms with Crippen LogP contribution in [0.15, 0.2) is 40.9 Å². The van der Waals surface area contributed by atoms with Crippen LogP contribution in [0.3, 0.4) is 0 Å². The number of benzene rings is 1. The molecule has 7 heteroatoms. The van der Waals surface area contributed by atoms with E-state index in [9.17, 15) is 4.79 Å². The Hall–Kier alpha value is -2.59. The third-order valence-electron chi connectivity index (χ3n) is 4.32. The first-order valence-electron chi connectivity index (χ1n) is 8.35. The number of hydrogen-bond acceptors (Lipinski definition) is 5. The average Bonchev–Trinajstić information content (AvgIpc) is 2.68. The first kappa shape index (κ1) is 18.2. The molecule has 1 fully saturated rings. The summed E-state index contributed by atoms with van der Waals surface area (Å²) >= 11 is 3.37. The lowest BCUT2D eigenvalue weighted by Crippen LogP contribution is -2.50. The molecule has 1 amide bonds. The van der Waals surface area contributed by atoms with Crippen LogP contribution in [-0.2, 0) is 4.79 Å². The van der Waals surface area contributed by atoms with Crippen molar-refractivity contribution in [2.24, 2.45) is 0 Å². The van der Waals surface area contributed by atoms with E-state index in [1.54, 1.807) is 4.90 Å². The fourth-order valence-electron chi connectivity index (χ4n) is 2.76. The van der Waals surface area contributed by atoms with E-state index in [0.29, 0.717) is 37.6 Å². The van der Waals surface area contributed by atoms with Gasteiger partial charge in [0, 0.05) is 30.7 Å². The predicted molar refractivity (Wildman–Crippen MR) is 102 cm³/mol. The number of carbonyl (C=O) groups excluding carboxylic acids is 1. The molecule has 0 aliphatic carbocycles. The molecular formula is C19H19BrN4O2. The van der Waals surface area contributed by atoms with Crippen LogP contribution in [0.25, 0.3) is 0 Å². The number of hydrogen-bond donors (Lipinski definition) is 0. The van der Waals surface area contributed by atoms with E-state index in [2.05, 4.69) is 31.9 Å². The van der Waals surface area contributed by atoms with Crippen LogP contribution in [-0.4, -0.2) is 48.6 Å². The average molecular weight is 415 g/mol. The zero-order valence-electron chi connectivity index (χ0n) is 14.5. The molecule has 1 aliphatic heterocycles. The van der Waals surface area contributed by atoms with Gasteiger partial charge in [0.25, 0.3) is 5.91 Å². The molecule has 2 aromatic rings. The van der Waals surface area contributed by atoms with Crippen molar-refractivity contribution in [3.05, 3.63) is 52.1 Å². The summed E-state index contributed by atoms with van der Waals surface area (Å²) in [6.07, 6.45) is 0. The Morgan fingerprint density at radius 2 is 1.88 bits per heavy atom. The number of amides is 1. The van der Waals surface area contributed by atoms with E-state index in [1.807, 2.05) is 43.3 Å². The molecule has 0 saturated carbocycles. The fraction of sp³-hybridized carbons (Fsp3) is 0.316. The summed E-state index contributed by atoms with van der Waals surface area (Å²) in [5.74, 6) is 1.43. The number of aryl methyl sites for hydroxylation is 1. The van der Waals surface area contributed by atoms with Crippen LogP contribution in [0, 0.1) is 18.3 Å². The second-order valence-electron chi connectivity index (χ2n) is 6.06. The molecule has 0 radical (unpaired) electrons. The van der Waals surface area contributed by atoms with Gasteiger partial charge >= 0.3 is 0 Å². The summed E-state index contributed by atoms with van der Waals surface area (Å²) in [6.45, 7) is 4.50. The van der Waals surface area contributed by atoms with Crippen molar-refractivity contribution in [3.63, 3.8) is 0 Å². The molecule has 0 spiro atoms. The molecule has 1 aliphatic rings. The van der Waals surface area contributed by atoms with Gasteiger partial charge in [0.05, 0.1) is 0 Å². The van der Waals surface area contributed by atoms with Gasteiger partial charge in [0.15, 0.2) is 6.61 Å². The minimum atomic E-state index is -0.0258. The van der Waals surface area contributed by atoms with Gasteiger partial charge in [-0.05, 0) is 42.8 Å². The molecule has 134 valence electrons. The lowest BCUT2D eigenvalue weighted by Gasteiger charge is -2.35. The number of ether oxygens (including phenoxy) is 1. The zero-order chi connectivity index (χ0) is 18.5. The predicted octanol–water partition coefficient (Wildman–Crippen LogP) is 2.75. The Balaban J connectivity index is 1.52. The highest BCUT2D eigenvalue weighted by Crippen LogP contribution is 2.18. The van der Waals surface area contributed by atoms with Crippen LogP contribution in [0.2, 0.25) is 0 Å². The number of piperazine rings is 1. The van der Waals surface area contributed by atoms with Crippen molar-refractivity contribution >= 4 is 27.7 Å². The fourth-order valence-corrected chi connectivity index (χ4v) is 3.02. The van der Waals surface area contributed by atoms with Crippen LogP contribution in [0.1, 0.15) is 11.3 Å². The van der Waals surface area contributed by atoms with Crippen LogP contribution in [0.4, 0.5) is 5.82 Å². The monoisotopic (exact) mass is 414 g/mol. The Morgan fingerprint density at radius 1 is 1.19 bits per heavy atom. The lowest BCUT2D eigenvalue weighted by atomic mass is 10.2. The quantitative estimate of drug-likeness (QED) is 0.768. The van der Waals surface area contributed by atoms with E-state index >= 15 is 0 Å². The van der Waals surface area contributed by atoms with Gasteiger partial charge in [0.1, 0.15) is 23.3 Å².